The molecule has 2 aromatic carbocycles. The predicted octanol–water partition coefficient (Wildman–Crippen LogP) is 3.01. The molecule has 1 aliphatic heterocycles. The highest BCUT2D eigenvalue weighted by molar-refractivity contribution is 5.58. The number of carbonyl (C=O) groups is 1. The summed E-state index contributed by atoms with van der Waals surface area (Å²) in [4.78, 5) is 14.3. The quantitative estimate of drug-likeness (QED) is 0.402. The van der Waals surface area contributed by atoms with Crippen molar-refractivity contribution in [2.24, 2.45) is 0 Å². The van der Waals surface area contributed by atoms with Crippen molar-refractivity contribution in [3.8, 4) is 23.0 Å². The van der Waals surface area contributed by atoms with Gasteiger partial charge in [-0.15, -0.1) is 0 Å². The van der Waals surface area contributed by atoms with Gasteiger partial charge in [0, 0.05) is 25.6 Å². The number of benzene rings is 2. The first-order chi connectivity index (χ1) is 16.6. The Kier molecular flexibility index (Phi) is 7.95. The summed E-state index contributed by atoms with van der Waals surface area (Å²) < 4.78 is 21.8. The van der Waals surface area contributed by atoms with Gasteiger partial charge in [0.25, 0.3) is 0 Å². The molecule has 1 heterocycles. The number of carbonyl (C=O) groups excluding carboxylic acids is 1. The normalized spacial score (nSPS) is 18.1. The number of aldehydes is 1. The van der Waals surface area contributed by atoms with Crippen LogP contribution in [0.25, 0.3) is 0 Å². The molecule has 2 aliphatic rings. The van der Waals surface area contributed by atoms with E-state index in [0.717, 1.165) is 81.1 Å². The molecule has 0 bridgehead atoms. The Bertz CT molecular complexity index is 974. The van der Waals surface area contributed by atoms with Crippen molar-refractivity contribution in [1.82, 2.24) is 10.2 Å². The number of methoxy groups -OCH3 is 4. The van der Waals surface area contributed by atoms with E-state index in [2.05, 4.69) is 34.5 Å². The summed E-state index contributed by atoms with van der Waals surface area (Å²) >= 11 is 0. The van der Waals surface area contributed by atoms with Gasteiger partial charge in [-0.1, -0.05) is 0 Å². The summed E-state index contributed by atoms with van der Waals surface area (Å²) in [5.74, 6) is 3.57. The topological polar surface area (TPSA) is 69.3 Å². The lowest BCUT2D eigenvalue weighted by atomic mass is 9.77. The van der Waals surface area contributed by atoms with Gasteiger partial charge in [0.05, 0.1) is 34.5 Å². The number of hydrogen-bond acceptors (Lipinski definition) is 7. The second-order valence-corrected chi connectivity index (χ2v) is 9.02. The minimum Gasteiger partial charge on any atom is -0.493 e. The van der Waals surface area contributed by atoms with Crippen molar-refractivity contribution in [2.45, 2.75) is 37.6 Å². The van der Waals surface area contributed by atoms with Gasteiger partial charge < -0.3 is 29.1 Å². The van der Waals surface area contributed by atoms with E-state index in [0.29, 0.717) is 5.92 Å². The summed E-state index contributed by atoms with van der Waals surface area (Å²) in [5, 5.41) is 3.57. The number of nitrogens with one attached hydrogen (secondary N) is 1. The average Bonchev–Trinajstić information content (AvgIpc) is 3.07. The number of nitrogens with zero attached hydrogens (tertiary/aromatic N) is 1. The van der Waals surface area contributed by atoms with E-state index in [1.807, 2.05) is 0 Å². The maximum Gasteiger partial charge on any atom is 0.161 e. The third-order valence-electron chi connectivity index (χ3n) is 7.23. The molecule has 0 saturated carbocycles. The van der Waals surface area contributed by atoms with Crippen molar-refractivity contribution in [2.75, 3.05) is 54.6 Å². The zero-order valence-corrected chi connectivity index (χ0v) is 20.7. The van der Waals surface area contributed by atoms with Crippen LogP contribution in [0, 0.1) is 0 Å². The lowest BCUT2D eigenvalue weighted by molar-refractivity contribution is -0.112. The summed E-state index contributed by atoms with van der Waals surface area (Å²) in [6.45, 7) is 3.44. The van der Waals surface area contributed by atoms with Gasteiger partial charge in [-0.2, -0.15) is 0 Å². The standard InChI is InChI=1S/C27H36N2O5/c1-31-24-12-18-6-9-29(10-7-19(18)13-25(24)32-2)22(17-30)5-8-28-16-21-11-20-14-26(33-3)27(34-4)15-23(20)21/h12-15,17,21-22,28H,5-11,16H2,1-4H3/t21-,22?/m1/s1. The van der Waals surface area contributed by atoms with Crippen LogP contribution in [0.1, 0.15) is 34.6 Å². The lowest BCUT2D eigenvalue weighted by Crippen LogP contribution is -2.41. The van der Waals surface area contributed by atoms with Crippen LogP contribution in [0.2, 0.25) is 0 Å². The van der Waals surface area contributed by atoms with Crippen LogP contribution < -0.4 is 24.3 Å². The summed E-state index contributed by atoms with van der Waals surface area (Å²) in [7, 11) is 6.67. The van der Waals surface area contributed by atoms with Crippen LogP contribution in [0.5, 0.6) is 23.0 Å². The Morgan fingerprint density at radius 2 is 1.41 bits per heavy atom. The van der Waals surface area contributed by atoms with E-state index in [9.17, 15) is 4.79 Å². The van der Waals surface area contributed by atoms with E-state index in [1.165, 1.54) is 22.3 Å². The van der Waals surface area contributed by atoms with Crippen LogP contribution >= 0.6 is 0 Å². The van der Waals surface area contributed by atoms with Gasteiger partial charge in [0.15, 0.2) is 23.0 Å². The Hall–Kier alpha value is -2.77. The first-order valence-electron chi connectivity index (χ1n) is 12.0. The monoisotopic (exact) mass is 468 g/mol. The molecule has 4 rings (SSSR count). The van der Waals surface area contributed by atoms with Gasteiger partial charge in [-0.3, -0.25) is 4.90 Å². The molecule has 0 aromatic heterocycles. The molecule has 34 heavy (non-hydrogen) atoms. The van der Waals surface area contributed by atoms with E-state index < -0.39 is 0 Å². The smallest absolute Gasteiger partial charge is 0.161 e. The van der Waals surface area contributed by atoms with E-state index >= 15 is 0 Å². The molecular weight excluding hydrogens is 432 g/mol. The van der Waals surface area contributed by atoms with Gasteiger partial charge >= 0.3 is 0 Å². The van der Waals surface area contributed by atoms with Crippen LogP contribution in [-0.4, -0.2) is 71.8 Å². The largest absolute Gasteiger partial charge is 0.493 e. The fourth-order valence-electron chi connectivity index (χ4n) is 5.18. The Labute approximate surface area is 202 Å². The molecule has 1 aliphatic carbocycles. The van der Waals surface area contributed by atoms with Crippen molar-refractivity contribution in [3.63, 3.8) is 0 Å². The van der Waals surface area contributed by atoms with Crippen molar-refractivity contribution >= 4 is 6.29 Å². The summed E-state index contributed by atoms with van der Waals surface area (Å²) in [6.07, 6.45) is 4.75. The Morgan fingerprint density at radius 1 is 0.882 bits per heavy atom. The molecule has 2 aromatic rings. The van der Waals surface area contributed by atoms with Crippen molar-refractivity contribution in [3.05, 3.63) is 46.5 Å². The molecule has 0 saturated heterocycles. The zero-order chi connectivity index (χ0) is 24.1. The van der Waals surface area contributed by atoms with Crippen LogP contribution in [0.4, 0.5) is 0 Å². The number of hydrogen-bond donors (Lipinski definition) is 1. The molecule has 0 fully saturated rings. The summed E-state index contributed by atoms with van der Waals surface area (Å²) in [6, 6.07) is 8.25. The first kappa shape index (κ1) is 24.4. The van der Waals surface area contributed by atoms with Crippen LogP contribution in [0.3, 0.4) is 0 Å². The van der Waals surface area contributed by atoms with E-state index in [4.69, 9.17) is 18.9 Å². The van der Waals surface area contributed by atoms with E-state index in [-0.39, 0.29) is 6.04 Å². The number of ether oxygens (including phenoxy) is 4. The van der Waals surface area contributed by atoms with Crippen molar-refractivity contribution in [1.29, 1.82) is 0 Å². The second-order valence-electron chi connectivity index (χ2n) is 9.02. The molecule has 184 valence electrons. The van der Waals surface area contributed by atoms with E-state index in [1.54, 1.807) is 28.4 Å². The lowest BCUT2D eigenvalue weighted by Gasteiger charge is -2.32. The highest BCUT2D eigenvalue weighted by atomic mass is 16.5. The SMILES string of the molecule is COc1cc2c(cc1OC)CCN(C(C=O)CCNC[C@H]1Cc3cc(OC)c(OC)cc31)CC2. The second kappa shape index (κ2) is 11.1. The fourth-order valence-corrected chi connectivity index (χ4v) is 5.18. The molecule has 1 N–H and O–H groups in total. The first-order valence-corrected chi connectivity index (χ1v) is 12.0. The minimum atomic E-state index is -0.0800. The maximum atomic E-state index is 11.9. The molecule has 7 nitrogen and oxygen atoms in total. The molecule has 7 heteroatoms. The molecule has 0 radical (unpaired) electrons. The highest BCUT2D eigenvalue weighted by Gasteiger charge is 2.28. The van der Waals surface area contributed by atoms with Crippen molar-refractivity contribution < 1.29 is 23.7 Å². The number of rotatable bonds is 11. The third kappa shape index (κ3) is 5.00. The average molecular weight is 469 g/mol. The fraction of sp³-hybridized carbons (Fsp3) is 0.519. The van der Waals surface area contributed by atoms with Crippen LogP contribution in [-0.2, 0) is 24.1 Å². The molecule has 0 amide bonds. The Morgan fingerprint density at radius 3 is 1.94 bits per heavy atom. The minimum absolute atomic E-state index is 0.0800. The van der Waals surface area contributed by atoms with Gasteiger partial charge in [-0.05, 0) is 78.7 Å². The highest BCUT2D eigenvalue weighted by Crippen LogP contribution is 2.42. The molecule has 1 unspecified atom stereocenters. The van der Waals surface area contributed by atoms with Gasteiger partial charge in [0.2, 0.25) is 0 Å². The maximum absolute atomic E-state index is 11.9. The number of fused-ring (bicyclic) bond motifs is 2. The predicted molar refractivity (Wildman–Crippen MR) is 132 cm³/mol. The third-order valence-corrected chi connectivity index (χ3v) is 7.23. The van der Waals surface area contributed by atoms with Crippen LogP contribution in [0.15, 0.2) is 24.3 Å². The van der Waals surface area contributed by atoms with Gasteiger partial charge in [0.1, 0.15) is 6.29 Å². The van der Waals surface area contributed by atoms with Gasteiger partial charge in [-0.25, -0.2) is 0 Å². The zero-order valence-electron chi connectivity index (χ0n) is 20.7. The molecule has 0 spiro atoms. The molecular formula is C27H36N2O5. The molecule has 2 atom stereocenters. The Balaban J connectivity index is 1.28. The summed E-state index contributed by atoms with van der Waals surface area (Å²) in [5.41, 5.74) is 5.21.